The van der Waals surface area contributed by atoms with Crippen LogP contribution in [-0.4, -0.2) is 63.5 Å². The van der Waals surface area contributed by atoms with E-state index in [1.807, 2.05) is 0 Å². The van der Waals surface area contributed by atoms with Gasteiger partial charge >= 0.3 is 14.8 Å². The number of hydrogen-bond donors (Lipinski definition) is 0. The van der Waals surface area contributed by atoms with E-state index in [0.717, 1.165) is 9.32 Å². The van der Waals surface area contributed by atoms with Crippen molar-refractivity contribution in [1.82, 2.24) is 9.32 Å². The average Bonchev–Trinajstić information content (AvgIpc) is 2.58. The lowest BCUT2D eigenvalue weighted by Crippen LogP contribution is -2.44. The second kappa shape index (κ2) is 6.40. The van der Waals surface area contributed by atoms with Crippen LogP contribution in [0.25, 0.3) is 0 Å². The second-order valence-electron chi connectivity index (χ2n) is 4.98. The third-order valence-electron chi connectivity index (χ3n) is 3.46. The van der Waals surface area contributed by atoms with Crippen molar-refractivity contribution in [3.8, 4) is 0 Å². The lowest BCUT2D eigenvalue weighted by atomic mass is 10.1. The highest BCUT2D eigenvalue weighted by Gasteiger charge is 2.51. The van der Waals surface area contributed by atoms with Crippen LogP contribution in [0.5, 0.6) is 0 Å². The summed E-state index contributed by atoms with van der Waals surface area (Å²) in [6, 6.07) is 0.0113. The molecule has 0 atom stereocenters. The Morgan fingerprint density at radius 2 is 1.65 bits per heavy atom. The van der Waals surface area contributed by atoms with Crippen molar-refractivity contribution in [2.24, 2.45) is 0 Å². The summed E-state index contributed by atoms with van der Waals surface area (Å²) in [5.41, 5.74) is -1.02. The molecule has 9 heteroatoms. The molecule has 0 saturated carbocycles. The highest BCUT2D eigenvalue weighted by Crippen LogP contribution is 2.30. The molecule has 0 aromatic heterocycles. The van der Waals surface area contributed by atoms with Gasteiger partial charge in [-0.3, -0.25) is 9.69 Å². The Morgan fingerprint density at radius 3 is 2.00 bits per heavy atom. The van der Waals surface area contributed by atoms with Crippen LogP contribution >= 0.6 is 11.8 Å². The number of amides is 3. The van der Waals surface area contributed by atoms with Crippen LogP contribution in [0.1, 0.15) is 20.3 Å². The first kappa shape index (κ1) is 17.4. The van der Waals surface area contributed by atoms with E-state index in [2.05, 4.69) is 0 Å². The molecule has 1 heterocycles. The van der Waals surface area contributed by atoms with Gasteiger partial charge in [0.1, 0.15) is 5.54 Å². The summed E-state index contributed by atoms with van der Waals surface area (Å²) in [4.78, 5) is 25.2. The zero-order valence-electron chi connectivity index (χ0n) is 12.4. The Kier molecular flexibility index (Phi) is 5.56. The molecule has 116 valence electrons. The van der Waals surface area contributed by atoms with E-state index < -0.39 is 20.4 Å². The molecule has 0 aromatic rings. The minimum Gasteiger partial charge on any atom is -0.377 e. The van der Waals surface area contributed by atoms with Crippen LogP contribution in [0.15, 0.2) is 0 Å². The SMILES string of the molecule is CO[Si](CCCN1C(=O)N(Cl)C(C)(C)C1=O)(OC)OC. The van der Waals surface area contributed by atoms with Gasteiger partial charge in [0.2, 0.25) is 0 Å². The third-order valence-corrected chi connectivity index (χ3v) is 6.85. The summed E-state index contributed by atoms with van der Waals surface area (Å²) in [5.74, 6) is -0.308. The van der Waals surface area contributed by atoms with Crippen LogP contribution in [0.4, 0.5) is 4.79 Å². The molecule has 3 amide bonds. The molecule has 0 aliphatic carbocycles. The van der Waals surface area contributed by atoms with Gasteiger partial charge in [-0.2, -0.15) is 0 Å². The van der Waals surface area contributed by atoms with Crippen molar-refractivity contribution in [2.45, 2.75) is 31.9 Å². The maximum Gasteiger partial charge on any atom is 0.500 e. The van der Waals surface area contributed by atoms with Gasteiger partial charge in [0.15, 0.2) is 0 Å². The van der Waals surface area contributed by atoms with Gasteiger partial charge in [-0.1, -0.05) is 0 Å². The molecule has 20 heavy (non-hydrogen) atoms. The predicted molar refractivity (Wildman–Crippen MR) is 75.1 cm³/mol. The van der Waals surface area contributed by atoms with Gasteiger partial charge in [-0.05, 0) is 20.3 Å². The summed E-state index contributed by atoms with van der Waals surface area (Å²) >= 11 is 5.85. The fraction of sp³-hybridized carbons (Fsp3) is 0.818. The molecule has 7 nitrogen and oxygen atoms in total. The van der Waals surface area contributed by atoms with E-state index in [1.165, 1.54) is 21.3 Å². The van der Waals surface area contributed by atoms with Crippen LogP contribution in [0.3, 0.4) is 0 Å². The van der Waals surface area contributed by atoms with Gasteiger partial charge < -0.3 is 13.3 Å². The first-order valence-corrected chi connectivity index (χ1v) is 8.50. The van der Waals surface area contributed by atoms with Crippen LogP contribution in [0.2, 0.25) is 6.04 Å². The fourth-order valence-electron chi connectivity index (χ4n) is 2.05. The number of halogens is 1. The number of urea groups is 1. The summed E-state index contributed by atoms with van der Waals surface area (Å²) in [5, 5.41) is 0. The number of nitrogens with zero attached hydrogens (tertiary/aromatic N) is 2. The quantitative estimate of drug-likeness (QED) is 0.403. The van der Waals surface area contributed by atoms with E-state index in [9.17, 15) is 9.59 Å². The minimum atomic E-state index is -2.68. The fourth-order valence-corrected chi connectivity index (χ4v) is 3.92. The Hall–Kier alpha value is -0.673. The molecule has 0 aromatic carbocycles. The zero-order valence-corrected chi connectivity index (χ0v) is 14.2. The zero-order chi connectivity index (χ0) is 15.6. The van der Waals surface area contributed by atoms with Crippen molar-refractivity contribution in [1.29, 1.82) is 0 Å². The van der Waals surface area contributed by atoms with Crippen LogP contribution < -0.4 is 0 Å². The maximum atomic E-state index is 12.1. The van der Waals surface area contributed by atoms with Crippen molar-refractivity contribution >= 4 is 32.5 Å². The maximum absolute atomic E-state index is 12.1. The van der Waals surface area contributed by atoms with Crippen molar-refractivity contribution in [3.63, 3.8) is 0 Å². The van der Waals surface area contributed by atoms with E-state index in [4.69, 9.17) is 25.1 Å². The number of rotatable bonds is 7. The standard InChI is InChI=1S/C11H21ClN2O5Si/c1-11(2)9(15)13(10(16)14(11)12)7-6-8-20(17-3,18-4)19-5/h6-8H2,1-5H3. The normalized spacial score (nSPS) is 19.1. The number of carbonyl (C=O) groups excluding carboxylic acids is 2. The molecule has 0 unspecified atom stereocenters. The van der Waals surface area contributed by atoms with E-state index >= 15 is 0 Å². The Morgan fingerprint density at radius 1 is 1.15 bits per heavy atom. The first-order valence-electron chi connectivity index (χ1n) is 6.23. The molecular weight excluding hydrogens is 304 g/mol. The van der Waals surface area contributed by atoms with E-state index in [1.54, 1.807) is 13.8 Å². The molecule has 1 fully saturated rings. The second-order valence-corrected chi connectivity index (χ2v) is 8.41. The number of carbonyl (C=O) groups is 2. The topological polar surface area (TPSA) is 68.3 Å². The van der Waals surface area contributed by atoms with Gasteiger partial charge in [0, 0.05) is 45.7 Å². The highest BCUT2D eigenvalue weighted by atomic mass is 35.5. The predicted octanol–water partition coefficient (Wildman–Crippen LogP) is 1.45. The van der Waals surface area contributed by atoms with Crippen molar-refractivity contribution in [2.75, 3.05) is 27.9 Å². The van der Waals surface area contributed by atoms with Crippen LogP contribution in [-0.2, 0) is 18.1 Å². The smallest absolute Gasteiger partial charge is 0.377 e. The largest absolute Gasteiger partial charge is 0.500 e. The van der Waals surface area contributed by atoms with Gasteiger partial charge in [-0.25, -0.2) is 9.21 Å². The summed E-state index contributed by atoms with van der Waals surface area (Å²) < 4.78 is 16.8. The summed E-state index contributed by atoms with van der Waals surface area (Å²) in [6.07, 6.45) is 0.528. The Bertz CT molecular complexity index is 381. The molecule has 0 radical (unpaired) electrons. The summed E-state index contributed by atoms with van der Waals surface area (Å²) in [6.45, 7) is 3.48. The third kappa shape index (κ3) is 2.99. The molecule has 0 N–H and O–H groups in total. The van der Waals surface area contributed by atoms with E-state index in [-0.39, 0.29) is 12.5 Å². The van der Waals surface area contributed by atoms with Gasteiger partial charge in [0.05, 0.1) is 0 Å². The number of imide groups is 1. The van der Waals surface area contributed by atoms with Crippen molar-refractivity contribution < 1.29 is 22.9 Å². The molecule has 1 saturated heterocycles. The van der Waals surface area contributed by atoms with E-state index in [0.29, 0.717) is 12.5 Å². The number of hydrogen-bond acceptors (Lipinski definition) is 5. The van der Waals surface area contributed by atoms with Crippen LogP contribution in [0, 0.1) is 0 Å². The Balaban J connectivity index is 2.63. The monoisotopic (exact) mass is 324 g/mol. The van der Waals surface area contributed by atoms with Crippen molar-refractivity contribution in [3.05, 3.63) is 0 Å². The molecule has 1 rings (SSSR count). The first-order chi connectivity index (χ1) is 9.25. The lowest BCUT2D eigenvalue weighted by Gasteiger charge is -2.25. The molecular formula is C11H21ClN2O5Si. The minimum absolute atomic E-state index is 0.259. The molecule has 1 aliphatic rings. The lowest BCUT2D eigenvalue weighted by molar-refractivity contribution is -0.131. The Labute approximate surface area is 125 Å². The van der Waals surface area contributed by atoms with Gasteiger partial charge in [0.25, 0.3) is 5.91 Å². The molecule has 0 bridgehead atoms. The van der Waals surface area contributed by atoms with Gasteiger partial charge in [-0.15, -0.1) is 0 Å². The molecule has 1 aliphatic heterocycles. The average molecular weight is 325 g/mol. The summed E-state index contributed by atoms with van der Waals surface area (Å²) in [7, 11) is 1.89. The molecule has 0 spiro atoms. The highest BCUT2D eigenvalue weighted by molar-refractivity contribution is 6.60.